The van der Waals surface area contributed by atoms with Crippen molar-refractivity contribution in [2.45, 2.75) is 46.1 Å². The van der Waals surface area contributed by atoms with Crippen LogP contribution >= 0.6 is 0 Å². The lowest BCUT2D eigenvalue weighted by molar-refractivity contribution is 0.272. The van der Waals surface area contributed by atoms with Gasteiger partial charge in [-0.25, -0.2) is 0 Å². The molecule has 0 amide bonds. The first-order valence-corrected chi connectivity index (χ1v) is 6.51. The van der Waals surface area contributed by atoms with E-state index in [9.17, 15) is 0 Å². The summed E-state index contributed by atoms with van der Waals surface area (Å²) in [5.41, 5.74) is 0.471. The predicted molar refractivity (Wildman–Crippen MR) is 68.7 cm³/mol. The zero-order valence-electron chi connectivity index (χ0n) is 11.1. The van der Waals surface area contributed by atoms with Crippen molar-refractivity contribution >= 4 is 5.96 Å². The third-order valence-electron chi connectivity index (χ3n) is 4.11. The Kier molecular flexibility index (Phi) is 3.13. The Hall–Kier alpha value is -0.730. The van der Waals surface area contributed by atoms with Gasteiger partial charge in [0.25, 0.3) is 0 Å². The Morgan fingerprint density at radius 3 is 2.31 bits per heavy atom. The Morgan fingerprint density at radius 2 is 1.88 bits per heavy atom. The summed E-state index contributed by atoms with van der Waals surface area (Å²) in [6.45, 7) is 9.30. The van der Waals surface area contributed by atoms with Gasteiger partial charge in [-0.05, 0) is 30.6 Å². The molecule has 1 unspecified atom stereocenters. The van der Waals surface area contributed by atoms with Crippen LogP contribution in [0.15, 0.2) is 4.99 Å². The largest absolute Gasteiger partial charge is 0.353 e. The molecule has 1 N–H and O–H groups in total. The van der Waals surface area contributed by atoms with Gasteiger partial charge < -0.3 is 10.2 Å². The average Bonchev–Trinajstić information content (AvgIpc) is 2.84. The number of aliphatic imine (C=N–C) groups is 1. The molecule has 2 fully saturated rings. The quantitative estimate of drug-likeness (QED) is 0.544. The van der Waals surface area contributed by atoms with Crippen LogP contribution in [-0.4, -0.2) is 37.0 Å². The fourth-order valence-electron chi connectivity index (χ4n) is 2.39. The van der Waals surface area contributed by atoms with Gasteiger partial charge in [0.1, 0.15) is 0 Å². The third-order valence-corrected chi connectivity index (χ3v) is 4.11. The fraction of sp³-hybridized carbons (Fsp3) is 0.923. The summed E-state index contributed by atoms with van der Waals surface area (Å²) in [7, 11) is 1.90. The van der Waals surface area contributed by atoms with E-state index < -0.39 is 0 Å². The second kappa shape index (κ2) is 4.27. The Labute approximate surface area is 99.3 Å². The van der Waals surface area contributed by atoms with Crippen LogP contribution in [0.3, 0.4) is 0 Å². The molecule has 16 heavy (non-hydrogen) atoms. The fourth-order valence-corrected chi connectivity index (χ4v) is 2.39. The highest BCUT2D eigenvalue weighted by atomic mass is 15.3. The molecule has 0 aromatic heterocycles. The van der Waals surface area contributed by atoms with Gasteiger partial charge in [0.05, 0.1) is 0 Å². The molecule has 1 saturated carbocycles. The highest BCUT2D eigenvalue weighted by molar-refractivity contribution is 5.80. The van der Waals surface area contributed by atoms with Crippen LogP contribution in [-0.2, 0) is 0 Å². The van der Waals surface area contributed by atoms with Crippen LogP contribution in [0.2, 0.25) is 0 Å². The maximum absolute atomic E-state index is 4.41. The van der Waals surface area contributed by atoms with E-state index >= 15 is 0 Å². The number of hydrogen-bond acceptors (Lipinski definition) is 1. The van der Waals surface area contributed by atoms with Crippen LogP contribution in [0.5, 0.6) is 0 Å². The van der Waals surface area contributed by atoms with Gasteiger partial charge in [0.15, 0.2) is 5.96 Å². The molecule has 1 saturated heterocycles. The van der Waals surface area contributed by atoms with E-state index in [4.69, 9.17) is 0 Å². The van der Waals surface area contributed by atoms with Gasteiger partial charge in [-0.3, -0.25) is 4.99 Å². The van der Waals surface area contributed by atoms with E-state index in [1.165, 1.54) is 19.3 Å². The van der Waals surface area contributed by atoms with Gasteiger partial charge >= 0.3 is 0 Å². The molecule has 2 aliphatic rings. The molecular formula is C13H25N3. The van der Waals surface area contributed by atoms with Gasteiger partial charge in [-0.1, -0.05) is 20.8 Å². The predicted octanol–water partition coefficient (Wildman–Crippen LogP) is 2.09. The monoisotopic (exact) mass is 223 g/mol. The number of rotatable bonds is 1. The van der Waals surface area contributed by atoms with E-state index in [-0.39, 0.29) is 0 Å². The van der Waals surface area contributed by atoms with Crippen molar-refractivity contribution in [3.63, 3.8) is 0 Å². The lowest BCUT2D eigenvalue weighted by Crippen LogP contribution is -2.46. The van der Waals surface area contributed by atoms with E-state index in [1.807, 2.05) is 7.05 Å². The van der Waals surface area contributed by atoms with E-state index in [0.717, 1.165) is 25.0 Å². The third kappa shape index (κ3) is 2.50. The Balaban J connectivity index is 1.86. The molecular weight excluding hydrogens is 198 g/mol. The summed E-state index contributed by atoms with van der Waals surface area (Å²) in [4.78, 5) is 6.83. The number of nitrogens with one attached hydrogen (secondary N) is 1. The Bertz CT molecular complexity index is 275. The molecule has 3 heteroatoms. The Morgan fingerprint density at radius 1 is 1.31 bits per heavy atom. The van der Waals surface area contributed by atoms with Crippen molar-refractivity contribution in [3.8, 4) is 0 Å². The maximum atomic E-state index is 4.41. The molecule has 3 nitrogen and oxygen atoms in total. The smallest absolute Gasteiger partial charge is 0.193 e. The molecule has 0 aromatic rings. The van der Waals surface area contributed by atoms with Crippen LogP contribution in [0.1, 0.15) is 40.0 Å². The van der Waals surface area contributed by atoms with Crippen LogP contribution in [0.4, 0.5) is 0 Å². The second-order valence-electron chi connectivity index (χ2n) is 6.11. The first-order chi connectivity index (χ1) is 7.53. The van der Waals surface area contributed by atoms with Gasteiger partial charge in [-0.2, -0.15) is 0 Å². The average molecular weight is 223 g/mol. The molecule has 0 radical (unpaired) electrons. The molecule has 0 bridgehead atoms. The van der Waals surface area contributed by atoms with Crippen molar-refractivity contribution in [1.82, 2.24) is 10.2 Å². The highest BCUT2D eigenvalue weighted by Crippen LogP contribution is 2.44. The molecule has 1 atom stereocenters. The first kappa shape index (κ1) is 11.7. The van der Waals surface area contributed by atoms with Crippen LogP contribution < -0.4 is 5.32 Å². The zero-order valence-corrected chi connectivity index (χ0v) is 11.1. The summed E-state index contributed by atoms with van der Waals surface area (Å²) in [5.74, 6) is 1.99. The SMILES string of the molecule is CN=C(NC1CC1(C)C)N1CCC(C)CC1. The van der Waals surface area contributed by atoms with E-state index in [2.05, 4.69) is 36.0 Å². The molecule has 92 valence electrons. The van der Waals surface area contributed by atoms with Gasteiger partial charge in [0.2, 0.25) is 0 Å². The number of piperidine rings is 1. The van der Waals surface area contributed by atoms with Gasteiger partial charge in [0, 0.05) is 26.2 Å². The first-order valence-electron chi connectivity index (χ1n) is 6.51. The van der Waals surface area contributed by atoms with Crippen molar-refractivity contribution in [1.29, 1.82) is 0 Å². The molecule has 0 spiro atoms. The van der Waals surface area contributed by atoms with E-state index in [0.29, 0.717) is 11.5 Å². The lowest BCUT2D eigenvalue weighted by Gasteiger charge is -2.33. The number of hydrogen-bond donors (Lipinski definition) is 1. The normalized spacial score (nSPS) is 30.4. The number of nitrogens with zero attached hydrogens (tertiary/aromatic N) is 2. The summed E-state index contributed by atoms with van der Waals surface area (Å²) in [6, 6.07) is 0.630. The maximum Gasteiger partial charge on any atom is 0.193 e. The molecule has 2 rings (SSSR count). The summed E-state index contributed by atoms with van der Waals surface area (Å²) in [6.07, 6.45) is 3.87. The molecule has 1 aliphatic carbocycles. The summed E-state index contributed by atoms with van der Waals surface area (Å²) in [5, 5.41) is 3.59. The number of guanidine groups is 1. The van der Waals surface area contributed by atoms with Gasteiger partial charge in [-0.15, -0.1) is 0 Å². The zero-order chi connectivity index (χ0) is 11.8. The molecule has 1 aliphatic heterocycles. The minimum atomic E-state index is 0.471. The number of likely N-dealkylation sites (tertiary alicyclic amines) is 1. The molecule has 1 heterocycles. The van der Waals surface area contributed by atoms with Crippen molar-refractivity contribution < 1.29 is 0 Å². The summed E-state index contributed by atoms with van der Waals surface area (Å²) >= 11 is 0. The van der Waals surface area contributed by atoms with Crippen molar-refractivity contribution in [3.05, 3.63) is 0 Å². The minimum Gasteiger partial charge on any atom is -0.353 e. The van der Waals surface area contributed by atoms with Crippen LogP contribution in [0, 0.1) is 11.3 Å². The highest BCUT2D eigenvalue weighted by Gasteiger charge is 2.46. The van der Waals surface area contributed by atoms with E-state index in [1.54, 1.807) is 0 Å². The second-order valence-corrected chi connectivity index (χ2v) is 6.11. The lowest BCUT2D eigenvalue weighted by atomic mass is 9.99. The van der Waals surface area contributed by atoms with Crippen molar-refractivity contribution in [2.24, 2.45) is 16.3 Å². The standard InChI is InChI=1S/C13H25N3/c1-10-5-7-16(8-6-10)12(14-4)15-11-9-13(11,2)3/h10-11H,5-9H2,1-4H3,(H,14,15). The molecule has 0 aromatic carbocycles. The van der Waals surface area contributed by atoms with Crippen LogP contribution in [0.25, 0.3) is 0 Å². The minimum absolute atomic E-state index is 0.471. The topological polar surface area (TPSA) is 27.6 Å². The van der Waals surface area contributed by atoms with Crippen molar-refractivity contribution in [2.75, 3.05) is 20.1 Å². The summed E-state index contributed by atoms with van der Waals surface area (Å²) < 4.78 is 0.